The first-order chi connectivity index (χ1) is 17.5. The third-order valence-electron chi connectivity index (χ3n) is 5.81. The summed E-state index contributed by atoms with van der Waals surface area (Å²) < 4.78 is 1.02. The molecule has 3 aromatic carbocycles. The fourth-order valence-electron chi connectivity index (χ4n) is 3.79. The molecule has 0 unspecified atom stereocenters. The Morgan fingerprint density at radius 3 is 2.36 bits per heavy atom. The van der Waals surface area contributed by atoms with E-state index in [-0.39, 0.29) is 24.1 Å². The quantitative estimate of drug-likeness (QED) is 0.222. The zero-order valence-corrected chi connectivity index (χ0v) is 23.6. The number of halogens is 2. The second-order valence-electron chi connectivity index (χ2n) is 8.58. The van der Waals surface area contributed by atoms with E-state index in [1.54, 1.807) is 16.7 Å². The molecule has 36 heavy (non-hydrogen) atoms. The molecule has 2 amide bonds. The molecule has 0 spiro atoms. The molecular weight excluding hydrogens is 556 g/mol. The maximum atomic E-state index is 13.6. The number of hydrogen-bond donors (Lipinski definition) is 1. The number of rotatable bonds is 13. The van der Waals surface area contributed by atoms with Crippen LogP contribution in [0.2, 0.25) is 5.02 Å². The van der Waals surface area contributed by atoms with Crippen molar-refractivity contribution in [3.8, 4) is 0 Å². The Balaban J connectivity index is 1.83. The van der Waals surface area contributed by atoms with Crippen LogP contribution in [0.25, 0.3) is 0 Å². The Morgan fingerprint density at radius 2 is 1.67 bits per heavy atom. The van der Waals surface area contributed by atoms with Gasteiger partial charge in [0.15, 0.2) is 0 Å². The molecule has 0 aromatic heterocycles. The zero-order valence-electron chi connectivity index (χ0n) is 20.5. The smallest absolute Gasteiger partial charge is 0.243 e. The highest BCUT2D eigenvalue weighted by Gasteiger charge is 2.30. The highest BCUT2D eigenvalue weighted by Crippen LogP contribution is 2.22. The lowest BCUT2D eigenvalue weighted by molar-refractivity contribution is -0.139. The third-order valence-corrected chi connectivity index (χ3v) is 7.69. The van der Waals surface area contributed by atoms with Crippen LogP contribution in [0.5, 0.6) is 0 Å². The number of thioether (sulfide) groups is 1. The number of carbonyl (C=O) groups is 2. The molecule has 0 fully saturated rings. The molecule has 0 radical (unpaired) electrons. The average Bonchev–Trinajstić information content (AvgIpc) is 2.89. The van der Waals surface area contributed by atoms with Gasteiger partial charge < -0.3 is 10.2 Å². The number of nitrogens with zero attached hydrogens (tertiary/aromatic N) is 1. The van der Waals surface area contributed by atoms with Gasteiger partial charge in [-0.3, -0.25) is 9.59 Å². The Labute approximate surface area is 231 Å². The van der Waals surface area contributed by atoms with Gasteiger partial charge in [-0.15, -0.1) is 11.8 Å². The molecule has 0 bridgehead atoms. The van der Waals surface area contributed by atoms with Crippen molar-refractivity contribution in [1.82, 2.24) is 10.2 Å². The van der Waals surface area contributed by atoms with E-state index in [0.717, 1.165) is 34.0 Å². The lowest BCUT2D eigenvalue weighted by Gasteiger charge is -2.32. The van der Waals surface area contributed by atoms with Crippen molar-refractivity contribution in [1.29, 1.82) is 0 Å². The van der Waals surface area contributed by atoms with E-state index in [9.17, 15) is 9.59 Å². The van der Waals surface area contributed by atoms with Crippen molar-refractivity contribution in [3.63, 3.8) is 0 Å². The zero-order chi connectivity index (χ0) is 25.8. The Bertz CT molecular complexity index is 1110. The summed E-state index contributed by atoms with van der Waals surface area (Å²) in [4.78, 5) is 28.8. The van der Waals surface area contributed by atoms with E-state index in [1.807, 2.05) is 78.9 Å². The van der Waals surface area contributed by atoms with Gasteiger partial charge in [-0.2, -0.15) is 0 Å². The van der Waals surface area contributed by atoms with Crippen molar-refractivity contribution >= 4 is 51.1 Å². The molecule has 190 valence electrons. The maximum absolute atomic E-state index is 13.6. The molecule has 0 aliphatic heterocycles. The summed E-state index contributed by atoms with van der Waals surface area (Å²) in [5.41, 5.74) is 2.98. The van der Waals surface area contributed by atoms with Gasteiger partial charge in [-0.1, -0.05) is 102 Å². The fourth-order valence-corrected chi connectivity index (χ4v) is 5.12. The van der Waals surface area contributed by atoms with Gasteiger partial charge in [0.2, 0.25) is 11.8 Å². The molecule has 0 aliphatic carbocycles. The lowest BCUT2D eigenvalue weighted by Crippen LogP contribution is -2.51. The van der Waals surface area contributed by atoms with E-state index in [4.69, 9.17) is 11.6 Å². The first kappa shape index (κ1) is 28.3. The molecule has 0 heterocycles. The number of unbranched alkanes of at least 4 members (excludes halogenated alkanes) is 1. The number of amides is 2. The predicted molar refractivity (Wildman–Crippen MR) is 154 cm³/mol. The molecule has 7 heteroatoms. The van der Waals surface area contributed by atoms with Crippen LogP contribution in [0.3, 0.4) is 0 Å². The highest BCUT2D eigenvalue weighted by atomic mass is 79.9. The molecule has 1 atom stereocenters. The molecule has 0 saturated carbocycles. The standard InChI is InChI=1S/C29H32BrClN2O2S/c1-2-3-17-32-29(35)27(18-22-9-5-4-6-10-22)33(19-24-11-7-8-12-26(24)31)28(34)21-36-20-23-13-15-25(30)16-14-23/h4-16,27H,2-3,17-21H2,1H3,(H,32,35)/t27-/m1/s1. The van der Waals surface area contributed by atoms with E-state index < -0.39 is 6.04 Å². The van der Waals surface area contributed by atoms with Crippen LogP contribution in [0.15, 0.2) is 83.3 Å². The molecule has 3 aromatic rings. The molecule has 0 saturated heterocycles. The first-order valence-corrected chi connectivity index (χ1v) is 14.5. The number of benzene rings is 3. The first-order valence-electron chi connectivity index (χ1n) is 12.1. The van der Waals surface area contributed by atoms with Crippen LogP contribution in [0.4, 0.5) is 0 Å². The van der Waals surface area contributed by atoms with Gasteiger partial charge in [0.1, 0.15) is 6.04 Å². The molecule has 3 rings (SSSR count). The largest absolute Gasteiger partial charge is 0.354 e. The van der Waals surface area contributed by atoms with Gasteiger partial charge in [0.25, 0.3) is 0 Å². The summed E-state index contributed by atoms with van der Waals surface area (Å²) in [6.07, 6.45) is 2.32. The lowest BCUT2D eigenvalue weighted by atomic mass is 10.0. The summed E-state index contributed by atoms with van der Waals surface area (Å²) in [5, 5.41) is 3.64. The van der Waals surface area contributed by atoms with Crippen LogP contribution in [0, 0.1) is 0 Å². The van der Waals surface area contributed by atoms with Gasteiger partial charge >= 0.3 is 0 Å². The minimum Gasteiger partial charge on any atom is -0.354 e. The SMILES string of the molecule is CCCCNC(=O)[C@@H](Cc1ccccc1)N(Cc1ccccc1Cl)C(=O)CSCc1ccc(Br)cc1. The minimum absolute atomic E-state index is 0.0800. The van der Waals surface area contributed by atoms with Crippen molar-refractivity contribution in [3.05, 3.63) is 105 Å². The van der Waals surface area contributed by atoms with Crippen LogP contribution in [-0.4, -0.2) is 35.1 Å². The molecule has 1 N–H and O–H groups in total. The van der Waals surface area contributed by atoms with Gasteiger partial charge in [0, 0.05) is 34.8 Å². The van der Waals surface area contributed by atoms with Crippen LogP contribution < -0.4 is 5.32 Å². The predicted octanol–water partition coefficient (Wildman–Crippen LogP) is 6.89. The van der Waals surface area contributed by atoms with Crippen LogP contribution >= 0.6 is 39.3 Å². The third kappa shape index (κ3) is 8.99. The van der Waals surface area contributed by atoms with Crippen LogP contribution in [0.1, 0.15) is 36.5 Å². The monoisotopic (exact) mass is 586 g/mol. The summed E-state index contributed by atoms with van der Waals surface area (Å²) in [6, 6.07) is 24.8. The fraction of sp³-hybridized carbons (Fsp3) is 0.310. The topological polar surface area (TPSA) is 49.4 Å². The number of nitrogens with one attached hydrogen (secondary N) is 1. The van der Waals surface area contributed by atoms with E-state index in [0.29, 0.717) is 23.7 Å². The van der Waals surface area contributed by atoms with E-state index >= 15 is 0 Å². The number of hydrogen-bond acceptors (Lipinski definition) is 3. The van der Waals surface area contributed by atoms with Crippen LogP contribution in [-0.2, 0) is 28.3 Å². The highest BCUT2D eigenvalue weighted by molar-refractivity contribution is 9.10. The summed E-state index contributed by atoms with van der Waals surface area (Å²) in [7, 11) is 0. The second kappa shape index (κ2) is 15.1. The van der Waals surface area contributed by atoms with Gasteiger partial charge in [-0.25, -0.2) is 0 Å². The Morgan fingerprint density at radius 1 is 0.972 bits per heavy atom. The Hall–Kier alpha value is -2.28. The molecule has 0 aliphatic rings. The molecule has 4 nitrogen and oxygen atoms in total. The average molecular weight is 588 g/mol. The van der Waals surface area contributed by atoms with Gasteiger partial charge in [0.05, 0.1) is 5.75 Å². The minimum atomic E-state index is -0.638. The van der Waals surface area contributed by atoms with Crippen molar-refractivity contribution in [2.75, 3.05) is 12.3 Å². The number of carbonyl (C=O) groups excluding carboxylic acids is 2. The normalized spacial score (nSPS) is 11.6. The van der Waals surface area contributed by atoms with Crippen molar-refractivity contribution in [2.24, 2.45) is 0 Å². The molecular formula is C29H32BrClN2O2S. The van der Waals surface area contributed by atoms with Crippen molar-refractivity contribution in [2.45, 2.75) is 44.5 Å². The summed E-state index contributed by atoms with van der Waals surface area (Å²) in [6.45, 7) is 2.95. The maximum Gasteiger partial charge on any atom is 0.243 e. The Kier molecular flexibility index (Phi) is 11.9. The summed E-state index contributed by atoms with van der Waals surface area (Å²) in [5.74, 6) is 0.771. The van der Waals surface area contributed by atoms with E-state index in [1.165, 1.54) is 0 Å². The summed E-state index contributed by atoms with van der Waals surface area (Å²) >= 11 is 11.5. The van der Waals surface area contributed by atoms with Crippen molar-refractivity contribution < 1.29 is 9.59 Å². The van der Waals surface area contributed by atoms with E-state index in [2.05, 4.69) is 28.2 Å². The van der Waals surface area contributed by atoms with Gasteiger partial charge in [-0.05, 0) is 41.3 Å². The second-order valence-corrected chi connectivity index (χ2v) is 10.9.